The van der Waals surface area contributed by atoms with Crippen molar-refractivity contribution in [3.8, 4) is 5.69 Å². The molecule has 0 aliphatic heterocycles. The summed E-state index contributed by atoms with van der Waals surface area (Å²) in [6.45, 7) is 0.666. The Morgan fingerprint density at radius 1 is 1.24 bits per heavy atom. The second kappa shape index (κ2) is 6.01. The van der Waals surface area contributed by atoms with Crippen LogP contribution in [-0.4, -0.2) is 28.3 Å². The van der Waals surface area contributed by atoms with E-state index in [1.807, 2.05) is 22.8 Å². The molecule has 3 aromatic rings. The van der Waals surface area contributed by atoms with Gasteiger partial charge < -0.3 is 4.74 Å². The van der Waals surface area contributed by atoms with Crippen LogP contribution < -0.4 is 0 Å². The van der Waals surface area contributed by atoms with Crippen LogP contribution in [0.25, 0.3) is 16.9 Å². The van der Waals surface area contributed by atoms with Gasteiger partial charge in [0.25, 0.3) is 0 Å². The van der Waals surface area contributed by atoms with Crippen LogP contribution >= 0.6 is 0 Å². The molecule has 4 nitrogen and oxygen atoms in total. The van der Waals surface area contributed by atoms with Crippen LogP contribution in [0.4, 0.5) is 4.39 Å². The minimum Gasteiger partial charge on any atom is -0.385 e. The number of fused-ring (bicyclic) bond motifs is 1. The molecule has 2 heterocycles. The molecule has 0 atom stereocenters. The van der Waals surface area contributed by atoms with Crippen molar-refractivity contribution in [2.24, 2.45) is 0 Å². The molecule has 0 fully saturated rings. The number of hydrogen-bond donors (Lipinski definition) is 0. The van der Waals surface area contributed by atoms with Crippen molar-refractivity contribution < 1.29 is 9.13 Å². The van der Waals surface area contributed by atoms with E-state index in [4.69, 9.17) is 4.74 Å². The number of methoxy groups -OCH3 is 1. The minimum atomic E-state index is -0.270. The summed E-state index contributed by atoms with van der Waals surface area (Å²) in [4.78, 5) is 9.00. The van der Waals surface area contributed by atoms with Gasteiger partial charge in [0.05, 0.1) is 5.69 Å². The monoisotopic (exact) mass is 285 g/mol. The molecule has 0 saturated carbocycles. The quantitative estimate of drug-likeness (QED) is 0.676. The second-order valence-corrected chi connectivity index (χ2v) is 4.79. The lowest BCUT2D eigenvalue weighted by molar-refractivity contribution is 0.194. The molecule has 0 amide bonds. The molecule has 0 aliphatic rings. The third-order valence-corrected chi connectivity index (χ3v) is 3.30. The number of rotatable bonds is 5. The van der Waals surface area contributed by atoms with Gasteiger partial charge in [0, 0.05) is 26.3 Å². The van der Waals surface area contributed by atoms with Gasteiger partial charge in [-0.05, 0) is 36.8 Å². The molecular formula is C16H16FN3O. The number of aromatic nitrogens is 3. The Labute approximate surface area is 122 Å². The topological polar surface area (TPSA) is 39.9 Å². The highest BCUT2D eigenvalue weighted by molar-refractivity contribution is 5.73. The Morgan fingerprint density at radius 2 is 2.14 bits per heavy atom. The number of aryl methyl sites for hydroxylation is 1. The zero-order chi connectivity index (χ0) is 14.7. The van der Waals surface area contributed by atoms with Crippen molar-refractivity contribution in [2.45, 2.75) is 12.8 Å². The van der Waals surface area contributed by atoms with E-state index < -0.39 is 0 Å². The van der Waals surface area contributed by atoms with Crippen LogP contribution in [0.5, 0.6) is 0 Å². The van der Waals surface area contributed by atoms with Gasteiger partial charge in [-0.2, -0.15) is 0 Å². The van der Waals surface area contributed by atoms with Gasteiger partial charge in [-0.3, -0.25) is 4.57 Å². The van der Waals surface area contributed by atoms with Crippen LogP contribution in [0.3, 0.4) is 0 Å². The number of pyridine rings is 1. The first-order valence-corrected chi connectivity index (χ1v) is 6.87. The van der Waals surface area contributed by atoms with Crippen LogP contribution in [0.2, 0.25) is 0 Å². The fraction of sp³-hybridized carbons (Fsp3) is 0.250. The predicted octanol–water partition coefficient (Wildman–Crippen LogP) is 3.14. The zero-order valence-corrected chi connectivity index (χ0v) is 11.8. The highest BCUT2D eigenvalue weighted by atomic mass is 19.1. The molecule has 0 radical (unpaired) electrons. The smallest absolute Gasteiger partial charge is 0.164 e. The normalized spacial score (nSPS) is 11.1. The summed E-state index contributed by atoms with van der Waals surface area (Å²) in [5.41, 5.74) is 2.30. The van der Waals surface area contributed by atoms with Crippen molar-refractivity contribution in [1.29, 1.82) is 0 Å². The highest BCUT2D eigenvalue weighted by Crippen LogP contribution is 2.21. The molecule has 108 valence electrons. The van der Waals surface area contributed by atoms with Gasteiger partial charge in [-0.25, -0.2) is 14.4 Å². The van der Waals surface area contributed by atoms with Crippen molar-refractivity contribution >= 4 is 11.2 Å². The lowest BCUT2D eigenvalue weighted by Crippen LogP contribution is -2.04. The van der Waals surface area contributed by atoms with E-state index in [9.17, 15) is 4.39 Å². The van der Waals surface area contributed by atoms with Crippen LogP contribution in [0.15, 0.2) is 42.6 Å². The number of nitrogens with zero attached hydrogens (tertiary/aromatic N) is 3. The van der Waals surface area contributed by atoms with Gasteiger partial charge in [0.15, 0.2) is 5.65 Å². The van der Waals surface area contributed by atoms with Crippen LogP contribution in [0, 0.1) is 5.82 Å². The summed E-state index contributed by atoms with van der Waals surface area (Å²) in [5, 5.41) is 0. The Kier molecular flexibility index (Phi) is 3.92. The predicted molar refractivity (Wildman–Crippen MR) is 79.0 cm³/mol. The molecular weight excluding hydrogens is 269 g/mol. The number of benzene rings is 1. The van der Waals surface area contributed by atoms with E-state index in [0.717, 1.165) is 35.5 Å². The first kappa shape index (κ1) is 13.7. The molecule has 3 rings (SSSR count). The highest BCUT2D eigenvalue weighted by Gasteiger charge is 2.13. The minimum absolute atomic E-state index is 0.270. The van der Waals surface area contributed by atoms with Crippen LogP contribution in [-0.2, 0) is 11.2 Å². The zero-order valence-electron chi connectivity index (χ0n) is 11.8. The van der Waals surface area contributed by atoms with Gasteiger partial charge in [-0.15, -0.1) is 0 Å². The van der Waals surface area contributed by atoms with Gasteiger partial charge in [0.1, 0.15) is 17.2 Å². The molecule has 5 heteroatoms. The maximum absolute atomic E-state index is 13.5. The largest absolute Gasteiger partial charge is 0.385 e. The van der Waals surface area contributed by atoms with Gasteiger partial charge in [-0.1, -0.05) is 6.07 Å². The fourth-order valence-electron chi connectivity index (χ4n) is 2.39. The van der Waals surface area contributed by atoms with Crippen molar-refractivity contribution in [3.63, 3.8) is 0 Å². The number of hydrogen-bond acceptors (Lipinski definition) is 3. The summed E-state index contributed by atoms with van der Waals surface area (Å²) in [6.07, 6.45) is 3.33. The average Bonchev–Trinajstić information content (AvgIpc) is 2.86. The molecule has 21 heavy (non-hydrogen) atoms. The maximum atomic E-state index is 13.5. The Morgan fingerprint density at radius 3 is 2.95 bits per heavy atom. The maximum Gasteiger partial charge on any atom is 0.164 e. The van der Waals surface area contributed by atoms with E-state index >= 15 is 0 Å². The lowest BCUT2D eigenvalue weighted by atomic mass is 10.2. The third kappa shape index (κ3) is 2.78. The molecule has 0 unspecified atom stereocenters. The molecule has 1 aromatic carbocycles. The molecule has 0 N–H and O–H groups in total. The summed E-state index contributed by atoms with van der Waals surface area (Å²) >= 11 is 0. The molecule has 0 aliphatic carbocycles. The van der Waals surface area contributed by atoms with E-state index in [2.05, 4.69) is 9.97 Å². The van der Waals surface area contributed by atoms with E-state index in [1.54, 1.807) is 19.4 Å². The number of imidazole rings is 1. The first-order chi connectivity index (χ1) is 10.3. The molecule has 2 aromatic heterocycles. The van der Waals surface area contributed by atoms with Crippen LogP contribution in [0.1, 0.15) is 12.2 Å². The number of ether oxygens (including phenoxy) is 1. The Balaban J connectivity index is 2.11. The molecule has 0 spiro atoms. The summed E-state index contributed by atoms with van der Waals surface area (Å²) in [6, 6.07) is 10.2. The summed E-state index contributed by atoms with van der Waals surface area (Å²) < 4.78 is 20.5. The third-order valence-electron chi connectivity index (χ3n) is 3.30. The lowest BCUT2D eigenvalue weighted by Gasteiger charge is -2.08. The SMILES string of the molecule is COCCCc1nc2cccnc2n1-c1cccc(F)c1. The van der Waals surface area contributed by atoms with E-state index in [1.165, 1.54) is 12.1 Å². The van der Waals surface area contributed by atoms with Crippen molar-refractivity contribution in [2.75, 3.05) is 13.7 Å². The summed E-state index contributed by atoms with van der Waals surface area (Å²) in [7, 11) is 1.68. The Bertz CT molecular complexity index is 754. The van der Waals surface area contributed by atoms with Crippen molar-refractivity contribution in [3.05, 3.63) is 54.2 Å². The molecule has 0 bridgehead atoms. The van der Waals surface area contributed by atoms with Gasteiger partial charge in [0.2, 0.25) is 0 Å². The fourth-order valence-corrected chi connectivity index (χ4v) is 2.39. The Hall–Kier alpha value is -2.27. The van der Waals surface area contributed by atoms with E-state index in [0.29, 0.717) is 6.61 Å². The van der Waals surface area contributed by atoms with Gasteiger partial charge >= 0.3 is 0 Å². The summed E-state index contributed by atoms with van der Waals surface area (Å²) in [5.74, 6) is 0.597. The van der Waals surface area contributed by atoms with E-state index in [-0.39, 0.29) is 5.82 Å². The second-order valence-electron chi connectivity index (χ2n) is 4.79. The molecule has 0 saturated heterocycles. The average molecular weight is 285 g/mol. The number of halogens is 1. The first-order valence-electron chi connectivity index (χ1n) is 6.87. The standard InChI is InChI=1S/C16H16FN3O/c1-21-10-4-8-15-19-14-7-3-9-18-16(14)20(15)13-6-2-5-12(17)11-13/h2-3,5-7,9,11H,4,8,10H2,1H3. The van der Waals surface area contributed by atoms with Crippen molar-refractivity contribution in [1.82, 2.24) is 14.5 Å².